The summed E-state index contributed by atoms with van der Waals surface area (Å²) in [6, 6.07) is 7.76. The largest absolute Gasteiger partial charge is 0.368 e. The van der Waals surface area contributed by atoms with Crippen molar-refractivity contribution in [3.63, 3.8) is 0 Å². The van der Waals surface area contributed by atoms with Gasteiger partial charge in [0.15, 0.2) is 5.78 Å². The second-order valence-electron chi connectivity index (χ2n) is 6.68. The van der Waals surface area contributed by atoms with Crippen LogP contribution >= 0.6 is 0 Å². The van der Waals surface area contributed by atoms with Crippen molar-refractivity contribution in [2.24, 2.45) is 0 Å². The molecular formula is C20H21N5O2. The van der Waals surface area contributed by atoms with Gasteiger partial charge in [-0.25, -0.2) is 9.97 Å². The number of fused-ring (bicyclic) bond motifs is 2. The van der Waals surface area contributed by atoms with Crippen LogP contribution in [0.1, 0.15) is 44.9 Å². The van der Waals surface area contributed by atoms with E-state index in [1.165, 1.54) is 6.33 Å². The Morgan fingerprint density at radius 3 is 2.89 bits per heavy atom. The first-order valence-electron chi connectivity index (χ1n) is 9.11. The number of amides is 1. The fourth-order valence-corrected chi connectivity index (χ4v) is 3.59. The minimum absolute atomic E-state index is 0.126. The van der Waals surface area contributed by atoms with Gasteiger partial charge in [-0.2, -0.15) is 0 Å². The molecule has 0 aliphatic heterocycles. The number of aromatic nitrogens is 3. The van der Waals surface area contributed by atoms with Crippen LogP contribution in [-0.2, 0) is 6.42 Å². The summed E-state index contributed by atoms with van der Waals surface area (Å²) in [6.07, 6.45) is 3.73. The van der Waals surface area contributed by atoms with E-state index in [1.807, 2.05) is 31.2 Å². The summed E-state index contributed by atoms with van der Waals surface area (Å²) in [5.41, 5.74) is 3.71. The first-order chi connectivity index (χ1) is 13.1. The molecule has 0 bridgehead atoms. The summed E-state index contributed by atoms with van der Waals surface area (Å²) in [5.74, 6) is 0.678. The maximum atomic E-state index is 12.5. The number of nitrogens with one attached hydrogen (secondary N) is 3. The number of rotatable bonds is 5. The van der Waals surface area contributed by atoms with Crippen LogP contribution in [0.4, 0.5) is 5.82 Å². The SMILES string of the molecule is Cc1c(C(=O)NCCNc2ncnc3ccccc23)[nH]c2c1C(=O)CCC2. The van der Waals surface area contributed by atoms with E-state index in [0.29, 0.717) is 30.8 Å². The number of H-pyrrole nitrogens is 1. The molecule has 0 saturated heterocycles. The predicted octanol–water partition coefficient (Wildman–Crippen LogP) is 2.63. The number of aromatic amines is 1. The van der Waals surface area contributed by atoms with Crippen molar-refractivity contribution in [2.45, 2.75) is 26.2 Å². The molecule has 0 spiro atoms. The lowest BCUT2D eigenvalue weighted by atomic mass is 9.94. The molecule has 0 radical (unpaired) electrons. The van der Waals surface area contributed by atoms with E-state index in [0.717, 1.165) is 40.8 Å². The fourth-order valence-electron chi connectivity index (χ4n) is 3.59. The molecule has 0 atom stereocenters. The second kappa shape index (κ2) is 7.19. The average Bonchev–Trinajstić information content (AvgIpc) is 3.03. The Morgan fingerprint density at radius 2 is 2.04 bits per heavy atom. The standard InChI is InChI=1S/C20H21N5O2/c1-12-17-15(7-4-8-16(17)26)25-18(12)20(27)22-10-9-21-19-13-5-2-3-6-14(13)23-11-24-19/h2-3,5-6,11,25H,4,7-10H2,1H3,(H,22,27)(H,21,23,24). The Morgan fingerprint density at radius 1 is 1.19 bits per heavy atom. The van der Waals surface area contributed by atoms with Gasteiger partial charge in [-0.1, -0.05) is 12.1 Å². The zero-order chi connectivity index (χ0) is 18.8. The molecule has 1 aliphatic carbocycles. The van der Waals surface area contributed by atoms with Gasteiger partial charge in [0.2, 0.25) is 0 Å². The van der Waals surface area contributed by atoms with Gasteiger partial charge in [0.1, 0.15) is 17.8 Å². The molecule has 138 valence electrons. The molecule has 2 aromatic heterocycles. The predicted molar refractivity (Wildman–Crippen MR) is 103 cm³/mol. The number of Topliss-reactive ketones (excluding diaryl/α,β-unsaturated/α-hetero) is 1. The zero-order valence-electron chi connectivity index (χ0n) is 15.1. The molecule has 4 rings (SSSR count). The van der Waals surface area contributed by atoms with Crippen LogP contribution in [0, 0.1) is 6.92 Å². The number of carbonyl (C=O) groups excluding carboxylic acids is 2. The molecule has 7 heteroatoms. The molecule has 7 nitrogen and oxygen atoms in total. The van der Waals surface area contributed by atoms with E-state index in [1.54, 1.807) is 0 Å². The molecular weight excluding hydrogens is 342 g/mol. The maximum absolute atomic E-state index is 12.5. The zero-order valence-corrected chi connectivity index (χ0v) is 15.1. The maximum Gasteiger partial charge on any atom is 0.268 e. The molecule has 0 saturated carbocycles. The summed E-state index contributed by atoms with van der Waals surface area (Å²) in [4.78, 5) is 36.2. The highest BCUT2D eigenvalue weighted by molar-refractivity contribution is 6.04. The highest BCUT2D eigenvalue weighted by Crippen LogP contribution is 2.26. The van der Waals surface area contributed by atoms with Gasteiger partial charge in [0.25, 0.3) is 5.91 Å². The fraction of sp³-hybridized carbons (Fsp3) is 0.300. The van der Waals surface area contributed by atoms with Crippen molar-refractivity contribution in [1.82, 2.24) is 20.3 Å². The van der Waals surface area contributed by atoms with Crippen molar-refractivity contribution >= 4 is 28.4 Å². The molecule has 0 fully saturated rings. The molecule has 1 aromatic carbocycles. The molecule has 3 aromatic rings. The Hall–Kier alpha value is -3.22. The number of anilines is 1. The average molecular weight is 363 g/mol. The van der Waals surface area contributed by atoms with Crippen LogP contribution in [0.25, 0.3) is 10.9 Å². The van der Waals surface area contributed by atoms with Gasteiger partial charge in [-0.3, -0.25) is 9.59 Å². The summed E-state index contributed by atoms with van der Waals surface area (Å²) in [6.45, 7) is 2.80. The number of benzene rings is 1. The van der Waals surface area contributed by atoms with Gasteiger partial charge in [-0.15, -0.1) is 0 Å². The third-order valence-corrected chi connectivity index (χ3v) is 4.91. The third-order valence-electron chi connectivity index (χ3n) is 4.91. The first kappa shape index (κ1) is 17.2. The number of hydrogen-bond donors (Lipinski definition) is 3. The lowest BCUT2D eigenvalue weighted by Crippen LogP contribution is -2.29. The Kier molecular flexibility index (Phi) is 4.58. The second-order valence-corrected chi connectivity index (χ2v) is 6.68. The van der Waals surface area contributed by atoms with E-state index in [4.69, 9.17) is 0 Å². The highest BCUT2D eigenvalue weighted by Gasteiger charge is 2.26. The van der Waals surface area contributed by atoms with Crippen molar-refractivity contribution in [3.05, 3.63) is 53.1 Å². The first-order valence-corrected chi connectivity index (χ1v) is 9.11. The molecule has 0 unspecified atom stereocenters. The summed E-state index contributed by atoms with van der Waals surface area (Å²) >= 11 is 0. The Labute approximate surface area is 156 Å². The summed E-state index contributed by atoms with van der Waals surface area (Å²) in [5, 5.41) is 7.07. The number of aryl methyl sites for hydroxylation is 1. The van der Waals surface area contributed by atoms with E-state index >= 15 is 0 Å². The van der Waals surface area contributed by atoms with Gasteiger partial charge in [0, 0.05) is 36.2 Å². The van der Waals surface area contributed by atoms with Crippen molar-refractivity contribution in [3.8, 4) is 0 Å². The normalized spacial score (nSPS) is 13.4. The van der Waals surface area contributed by atoms with Crippen LogP contribution < -0.4 is 10.6 Å². The summed E-state index contributed by atoms with van der Waals surface area (Å²) < 4.78 is 0. The molecule has 3 N–H and O–H groups in total. The number of ketones is 1. The lowest BCUT2D eigenvalue weighted by Gasteiger charge is -2.09. The third kappa shape index (κ3) is 3.28. The summed E-state index contributed by atoms with van der Waals surface area (Å²) in [7, 11) is 0. The van der Waals surface area contributed by atoms with Crippen LogP contribution in [0.2, 0.25) is 0 Å². The highest BCUT2D eigenvalue weighted by atomic mass is 16.2. The quantitative estimate of drug-likeness (QED) is 0.605. The van der Waals surface area contributed by atoms with E-state index in [2.05, 4.69) is 25.6 Å². The van der Waals surface area contributed by atoms with Crippen LogP contribution in [0.15, 0.2) is 30.6 Å². The van der Waals surface area contributed by atoms with E-state index < -0.39 is 0 Å². The van der Waals surface area contributed by atoms with Crippen LogP contribution in [0.5, 0.6) is 0 Å². The number of carbonyl (C=O) groups is 2. The van der Waals surface area contributed by atoms with Gasteiger partial charge in [0.05, 0.1) is 5.52 Å². The van der Waals surface area contributed by atoms with Crippen molar-refractivity contribution in [2.75, 3.05) is 18.4 Å². The minimum Gasteiger partial charge on any atom is -0.368 e. The van der Waals surface area contributed by atoms with Gasteiger partial charge in [-0.05, 0) is 37.5 Å². The minimum atomic E-state index is -0.191. The molecule has 27 heavy (non-hydrogen) atoms. The van der Waals surface area contributed by atoms with Crippen molar-refractivity contribution in [1.29, 1.82) is 0 Å². The van der Waals surface area contributed by atoms with E-state index in [-0.39, 0.29) is 11.7 Å². The van der Waals surface area contributed by atoms with Gasteiger partial charge >= 0.3 is 0 Å². The van der Waals surface area contributed by atoms with Crippen molar-refractivity contribution < 1.29 is 9.59 Å². The van der Waals surface area contributed by atoms with Crippen LogP contribution in [-0.4, -0.2) is 39.7 Å². The lowest BCUT2D eigenvalue weighted by molar-refractivity contribution is 0.0949. The monoisotopic (exact) mass is 363 g/mol. The van der Waals surface area contributed by atoms with Crippen LogP contribution in [0.3, 0.4) is 0 Å². The van der Waals surface area contributed by atoms with Gasteiger partial charge < -0.3 is 15.6 Å². The Bertz CT molecular complexity index is 1020. The molecule has 1 amide bonds. The smallest absolute Gasteiger partial charge is 0.268 e. The van der Waals surface area contributed by atoms with E-state index in [9.17, 15) is 9.59 Å². The number of nitrogens with zero attached hydrogens (tertiary/aromatic N) is 2. The molecule has 2 heterocycles. The number of para-hydroxylation sites is 1. The molecule has 1 aliphatic rings. The number of hydrogen-bond acceptors (Lipinski definition) is 5. The topological polar surface area (TPSA) is 99.8 Å². The Balaban J connectivity index is 1.38.